The summed E-state index contributed by atoms with van der Waals surface area (Å²) >= 11 is 12.6. The van der Waals surface area contributed by atoms with Gasteiger partial charge in [0.25, 0.3) is 5.91 Å². The first-order chi connectivity index (χ1) is 15.1. The maximum Gasteiger partial charge on any atom is 0.262 e. The first-order valence-electron chi connectivity index (χ1n) is 9.67. The third-order valence-electron chi connectivity index (χ3n) is 5.06. The zero-order valence-corrected chi connectivity index (χ0v) is 17.7. The summed E-state index contributed by atoms with van der Waals surface area (Å²) in [7, 11) is 0. The van der Waals surface area contributed by atoms with Crippen molar-refractivity contribution in [2.75, 3.05) is 11.9 Å². The molecule has 0 saturated heterocycles. The van der Waals surface area contributed by atoms with Gasteiger partial charge in [-0.2, -0.15) is 0 Å². The fourth-order valence-corrected chi connectivity index (χ4v) is 3.91. The molecule has 31 heavy (non-hydrogen) atoms. The fraction of sp³-hybridized carbons (Fsp3) is 0.0400. The molecular weight excluding hydrogens is 431 g/mol. The number of rotatable bonds is 3. The van der Waals surface area contributed by atoms with Crippen molar-refractivity contribution in [2.24, 2.45) is 0 Å². The molecule has 0 fully saturated rings. The largest absolute Gasteiger partial charge is 0.482 e. The minimum Gasteiger partial charge on any atom is -0.482 e. The Labute approximate surface area is 189 Å². The Morgan fingerprint density at radius 3 is 2.29 bits per heavy atom. The number of fused-ring (bicyclic) bond motifs is 1. The molecule has 0 aliphatic carbocycles. The third kappa shape index (κ3) is 4.00. The van der Waals surface area contributed by atoms with Crippen LogP contribution < -0.4 is 10.1 Å². The number of hydrogen-bond acceptors (Lipinski definition) is 3. The predicted octanol–water partition coefficient (Wildman–Crippen LogP) is 6.72. The average Bonchev–Trinajstić information content (AvgIpc) is 2.79. The molecule has 1 aliphatic rings. The smallest absolute Gasteiger partial charge is 0.262 e. The highest BCUT2D eigenvalue weighted by atomic mass is 35.5. The Morgan fingerprint density at radius 2 is 1.52 bits per heavy atom. The van der Waals surface area contributed by atoms with Crippen LogP contribution in [0.5, 0.6) is 5.75 Å². The second kappa shape index (κ2) is 8.06. The molecule has 5 rings (SSSR count). The summed E-state index contributed by atoms with van der Waals surface area (Å²) < 4.78 is 5.48. The summed E-state index contributed by atoms with van der Waals surface area (Å²) in [5, 5.41) is 4.17. The number of nitrogens with zero attached hydrogens (tertiary/aromatic N) is 1. The van der Waals surface area contributed by atoms with E-state index < -0.39 is 0 Å². The van der Waals surface area contributed by atoms with Crippen molar-refractivity contribution in [2.45, 2.75) is 0 Å². The maximum atomic E-state index is 11.7. The van der Waals surface area contributed by atoms with E-state index in [-0.39, 0.29) is 12.5 Å². The number of nitrogens with one attached hydrogen (secondary N) is 1. The van der Waals surface area contributed by atoms with Crippen molar-refractivity contribution in [3.63, 3.8) is 0 Å². The molecule has 1 aliphatic heterocycles. The number of benzene rings is 3. The molecule has 0 spiro atoms. The lowest BCUT2D eigenvalue weighted by Gasteiger charge is -2.19. The van der Waals surface area contributed by atoms with Gasteiger partial charge in [-0.1, -0.05) is 53.5 Å². The number of ether oxygens (including phenoxy) is 1. The first kappa shape index (κ1) is 19.6. The highest BCUT2D eigenvalue weighted by Gasteiger charge is 2.17. The molecule has 0 saturated carbocycles. The summed E-state index contributed by atoms with van der Waals surface area (Å²) in [6, 6.07) is 24.9. The number of pyridine rings is 1. The lowest BCUT2D eigenvalue weighted by molar-refractivity contribution is -0.118. The van der Waals surface area contributed by atoms with E-state index in [2.05, 4.69) is 5.32 Å². The van der Waals surface area contributed by atoms with Crippen LogP contribution in [0.25, 0.3) is 33.6 Å². The van der Waals surface area contributed by atoms with Crippen molar-refractivity contribution < 1.29 is 9.53 Å². The van der Waals surface area contributed by atoms with Crippen molar-refractivity contribution in [3.8, 4) is 39.4 Å². The monoisotopic (exact) mass is 446 g/mol. The minimum absolute atomic E-state index is 0.0211. The Hall–Kier alpha value is -3.34. The molecule has 152 valence electrons. The van der Waals surface area contributed by atoms with E-state index in [9.17, 15) is 4.79 Å². The molecule has 2 heterocycles. The Morgan fingerprint density at radius 1 is 0.806 bits per heavy atom. The second-order valence-corrected chi connectivity index (χ2v) is 8.00. The number of hydrogen-bond donors (Lipinski definition) is 1. The minimum atomic E-state index is -0.177. The quantitative estimate of drug-likeness (QED) is 0.379. The number of halogens is 2. The van der Waals surface area contributed by atoms with E-state index in [1.54, 1.807) is 0 Å². The maximum absolute atomic E-state index is 11.7. The Bertz CT molecular complexity index is 1300. The fourth-order valence-electron chi connectivity index (χ4n) is 3.54. The molecule has 0 atom stereocenters. The molecule has 3 aromatic carbocycles. The normalized spacial score (nSPS) is 12.6. The van der Waals surface area contributed by atoms with Gasteiger partial charge in [-0.15, -0.1) is 0 Å². The zero-order chi connectivity index (χ0) is 21.4. The third-order valence-corrected chi connectivity index (χ3v) is 5.64. The average molecular weight is 447 g/mol. The number of carbonyl (C=O) groups excluding carboxylic acids is 1. The molecule has 1 aromatic heterocycles. The van der Waals surface area contributed by atoms with Crippen LogP contribution in [0, 0.1) is 0 Å². The van der Waals surface area contributed by atoms with Gasteiger partial charge in [-0.3, -0.25) is 4.79 Å². The molecule has 4 aromatic rings. The predicted molar refractivity (Wildman–Crippen MR) is 125 cm³/mol. The molecule has 1 N–H and O–H groups in total. The standard InChI is InChI=1S/C25H16Cl2N2O2/c26-18-8-5-15(6-9-18)21-12-17(19-3-1-2-4-20(19)27)13-22(28-21)16-7-10-24-23(11-16)29-25(30)14-31-24/h1-13H,14H2,(H,29,30). The molecular formula is C25H16Cl2N2O2. The number of anilines is 1. The summed E-state index contributed by atoms with van der Waals surface area (Å²) in [5.41, 5.74) is 5.83. The zero-order valence-electron chi connectivity index (χ0n) is 16.2. The molecule has 0 unspecified atom stereocenters. The van der Waals surface area contributed by atoms with Crippen LogP contribution >= 0.6 is 23.2 Å². The molecule has 0 bridgehead atoms. The van der Waals surface area contributed by atoms with Crippen LogP contribution in [0.1, 0.15) is 0 Å². The van der Waals surface area contributed by atoms with Crippen LogP contribution in [0.3, 0.4) is 0 Å². The van der Waals surface area contributed by atoms with Gasteiger partial charge >= 0.3 is 0 Å². The lowest BCUT2D eigenvalue weighted by atomic mass is 9.99. The second-order valence-electron chi connectivity index (χ2n) is 7.16. The summed E-state index contributed by atoms with van der Waals surface area (Å²) in [6.07, 6.45) is 0. The van der Waals surface area contributed by atoms with Gasteiger partial charge in [0.2, 0.25) is 0 Å². The Balaban J connectivity index is 1.68. The van der Waals surface area contributed by atoms with Crippen LogP contribution in [0.4, 0.5) is 5.69 Å². The van der Waals surface area contributed by atoms with Crippen molar-refractivity contribution in [3.05, 3.63) is 88.9 Å². The molecule has 4 nitrogen and oxygen atoms in total. The van der Waals surface area contributed by atoms with E-state index in [0.29, 0.717) is 21.5 Å². The Kier molecular flexibility index (Phi) is 5.10. The highest BCUT2D eigenvalue weighted by Crippen LogP contribution is 2.36. The molecule has 1 amide bonds. The molecule has 6 heteroatoms. The van der Waals surface area contributed by atoms with Crippen molar-refractivity contribution >= 4 is 34.8 Å². The van der Waals surface area contributed by atoms with E-state index >= 15 is 0 Å². The number of carbonyl (C=O) groups is 1. The summed E-state index contributed by atoms with van der Waals surface area (Å²) in [5.74, 6) is 0.466. The van der Waals surface area contributed by atoms with E-state index in [0.717, 1.165) is 33.6 Å². The van der Waals surface area contributed by atoms with Crippen molar-refractivity contribution in [1.29, 1.82) is 0 Å². The van der Waals surface area contributed by atoms with Crippen LogP contribution in [0.15, 0.2) is 78.9 Å². The number of amides is 1. The van der Waals surface area contributed by atoms with E-state index in [1.165, 1.54) is 0 Å². The number of aromatic nitrogens is 1. The summed E-state index contributed by atoms with van der Waals surface area (Å²) in [6.45, 7) is 0.0211. The van der Waals surface area contributed by atoms with Gasteiger partial charge in [-0.05, 0) is 54.1 Å². The molecule has 0 radical (unpaired) electrons. The first-order valence-corrected chi connectivity index (χ1v) is 10.4. The van der Waals surface area contributed by atoms with Crippen LogP contribution in [-0.2, 0) is 4.79 Å². The van der Waals surface area contributed by atoms with Crippen molar-refractivity contribution in [1.82, 2.24) is 4.98 Å². The van der Waals surface area contributed by atoms with Crippen LogP contribution in [-0.4, -0.2) is 17.5 Å². The topological polar surface area (TPSA) is 51.2 Å². The summed E-state index contributed by atoms with van der Waals surface area (Å²) in [4.78, 5) is 16.6. The van der Waals surface area contributed by atoms with Gasteiger partial charge in [0.1, 0.15) is 5.75 Å². The highest BCUT2D eigenvalue weighted by molar-refractivity contribution is 6.33. The van der Waals surface area contributed by atoms with Crippen LogP contribution in [0.2, 0.25) is 10.0 Å². The van der Waals surface area contributed by atoms with E-state index in [1.807, 2.05) is 78.9 Å². The van der Waals surface area contributed by atoms with Gasteiger partial charge < -0.3 is 10.1 Å². The van der Waals surface area contributed by atoms with Gasteiger partial charge in [0.05, 0.1) is 17.1 Å². The lowest BCUT2D eigenvalue weighted by Crippen LogP contribution is -2.25. The SMILES string of the molecule is O=C1COc2ccc(-c3cc(-c4ccccc4Cl)cc(-c4ccc(Cl)cc4)n3)cc2N1. The van der Waals surface area contributed by atoms with Gasteiger partial charge in [-0.25, -0.2) is 4.98 Å². The van der Waals surface area contributed by atoms with Gasteiger partial charge in [0, 0.05) is 26.7 Å². The van der Waals surface area contributed by atoms with E-state index in [4.69, 9.17) is 32.9 Å². The van der Waals surface area contributed by atoms with Gasteiger partial charge in [0.15, 0.2) is 6.61 Å².